The van der Waals surface area contributed by atoms with E-state index in [0.717, 1.165) is 23.5 Å². The second-order valence-electron chi connectivity index (χ2n) is 9.43. The molecule has 9 nitrogen and oxygen atoms in total. The third-order valence-electron chi connectivity index (χ3n) is 3.96. The highest BCUT2D eigenvalue weighted by Crippen LogP contribution is 2.67. The molecule has 0 bridgehead atoms. The van der Waals surface area contributed by atoms with Gasteiger partial charge in [-0.3, -0.25) is 13.6 Å². The second kappa shape index (κ2) is 10.3. The number of hydrogen-bond donors (Lipinski definition) is 1. The van der Waals surface area contributed by atoms with E-state index in [1.54, 1.807) is 41.5 Å². The first-order chi connectivity index (χ1) is 15.8. The van der Waals surface area contributed by atoms with Gasteiger partial charge in [-0.05, 0) is 65.1 Å². The summed E-state index contributed by atoms with van der Waals surface area (Å²) >= 11 is 0.873. The van der Waals surface area contributed by atoms with Crippen LogP contribution in [-0.4, -0.2) is 47.4 Å². The van der Waals surface area contributed by atoms with Crippen LogP contribution in [0.1, 0.15) is 56.8 Å². The van der Waals surface area contributed by atoms with Gasteiger partial charge in [0.15, 0.2) is 13.2 Å². The van der Waals surface area contributed by atoms with Crippen molar-refractivity contribution in [1.29, 1.82) is 0 Å². The smallest absolute Gasteiger partial charge is 0.405 e. The molecule has 2 aromatic rings. The Balaban J connectivity index is 2.39. The molecule has 0 aliphatic carbocycles. The lowest BCUT2D eigenvalue weighted by Gasteiger charge is -2.27. The van der Waals surface area contributed by atoms with Crippen molar-refractivity contribution >= 4 is 46.9 Å². The summed E-state index contributed by atoms with van der Waals surface area (Å²) in [5.41, 5.74) is -7.07. The van der Waals surface area contributed by atoms with Gasteiger partial charge in [0.2, 0.25) is 0 Å². The second-order valence-corrected chi connectivity index (χ2v) is 12.6. The number of rotatable bonds is 9. The van der Waals surface area contributed by atoms with Crippen LogP contribution < -0.4 is 0 Å². The van der Waals surface area contributed by atoms with E-state index >= 15 is 8.78 Å². The molecular weight excluding hydrogens is 509 g/mol. The highest BCUT2D eigenvalue weighted by atomic mass is 32.1. The number of carboxylic acid groups (broad SMARTS) is 1. The summed E-state index contributed by atoms with van der Waals surface area (Å²) in [6.45, 7) is 6.97. The highest BCUT2D eigenvalue weighted by Gasteiger charge is 2.56. The van der Waals surface area contributed by atoms with E-state index in [9.17, 15) is 18.9 Å². The Morgan fingerprint density at radius 3 is 1.83 bits per heavy atom. The number of fused-ring (bicyclic) bond motifs is 1. The molecule has 0 spiro atoms. The first kappa shape index (κ1) is 28.8. The standard InChI is InChI=1S/C22H27F2O9PS/c1-20(2,3)32-17(25)11-30-34(29,31-12-18(26)33-21(4,5)6)22(23,24)14-7-8-15-13(9-14)10-16(35-15)19(27)28/h7-10H,11-12H2,1-6H3,(H,27,28). The lowest BCUT2D eigenvalue weighted by molar-refractivity contribution is -0.158. The van der Waals surface area contributed by atoms with E-state index in [2.05, 4.69) is 0 Å². The molecular formula is C22H27F2O9PS. The van der Waals surface area contributed by atoms with Crippen LogP contribution >= 0.6 is 18.9 Å². The molecule has 1 heterocycles. The average Bonchev–Trinajstić information content (AvgIpc) is 3.12. The monoisotopic (exact) mass is 536 g/mol. The maximum Gasteiger partial charge on any atom is 0.405 e. The Bertz CT molecular complexity index is 1130. The summed E-state index contributed by atoms with van der Waals surface area (Å²) < 4.78 is 64.4. The fraction of sp³-hybridized carbons (Fsp3) is 0.500. The van der Waals surface area contributed by atoms with E-state index in [1.165, 1.54) is 12.1 Å². The Hall–Kier alpha value is -2.40. The van der Waals surface area contributed by atoms with Gasteiger partial charge in [0.05, 0.1) is 0 Å². The van der Waals surface area contributed by atoms with E-state index < -0.39 is 61.1 Å². The number of carbonyl (C=O) groups is 3. The lowest BCUT2D eigenvalue weighted by atomic mass is 10.1. The predicted octanol–water partition coefficient (Wildman–Crippen LogP) is 5.56. The maximum atomic E-state index is 15.5. The van der Waals surface area contributed by atoms with Gasteiger partial charge in [-0.2, -0.15) is 8.78 Å². The molecule has 0 amide bonds. The van der Waals surface area contributed by atoms with Gasteiger partial charge >= 0.3 is 31.2 Å². The minimum atomic E-state index is -5.52. The van der Waals surface area contributed by atoms with Crippen LogP contribution in [0, 0.1) is 0 Å². The minimum absolute atomic E-state index is 0.0778. The molecule has 0 fully saturated rings. The number of thiophene rings is 1. The summed E-state index contributed by atoms with van der Waals surface area (Å²) in [4.78, 5) is 35.2. The van der Waals surface area contributed by atoms with E-state index in [-0.39, 0.29) is 10.3 Å². The van der Waals surface area contributed by atoms with E-state index in [1.807, 2.05) is 0 Å². The molecule has 0 unspecified atom stereocenters. The molecule has 2 rings (SSSR count). The molecule has 13 heteroatoms. The highest BCUT2D eigenvalue weighted by molar-refractivity contribution is 7.54. The van der Waals surface area contributed by atoms with E-state index in [0.29, 0.717) is 4.70 Å². The zero-order chi connectivity index (χ0) is 26.8. The van der Waals surface area contributed by atoms with Gasteiger partial charge in [-0.25, -0.2) is 14.4 Å². The van der Waals surface area contributed by atoms with Gasteiger partial charge in [0.1, 0.15) is 16.1 Å². The van der Waals surface area contributed by atoms with Gasteiger partial charge in [-0.15, -0.1) is 11.3 Å². The van der Waals surface area contributed by atoms with Gasteiger partial charge in [0.25, 0.3) is 0 Å². The van der Waals surface area contributed by atoms with Crippen molar-refractivity contribution in [3.8, 4) is 0 Å². The normalized spacial score (nSPS) is 13.0. The number of alkyl halides is 2. The van der Waals surface area contributed by atoms with Crippen LogP contribution in [0.2, 0.25) is 0 Å². The number of hydrogen-bond acceptors (Lipinski definition) is 9. The summed E-state index contributed by atoms with van der Waals surface area (Å²) in [7, 11) is -5.52. The van der Waals surface area contributed by atoms with Crippen molar-refractivity contribution in [3.63, 3.8) is 0 Å². The number of carboxylic acids is 1. The third kappa shape index (κ3) is 7.79. The molecule has 0 atom stereocenters. The van der Waals surface area contributed by atoms with Crippen molar-refractivity contribution in [2.45, 2.75) is 58.4 Å². The number of benzene rings is 1. The zero-order valence-corrected chi connectivity index (χ0v) is 21.8. The molecule has 1 aromatic carbocycles. The summed E-state index contributed by atoms with van der Waals surface area (Å²) in [6.07, 6.45) is 0. The van der Waals surface area contributed by atoms with Crippen molar-refractivity contribution in [2.24, 2.45) is 0 Å². The molecule has 0 saturated heterocycles. The molecule has 0 saturated carbocycles. The largest absolute Gasteiger partial charge is 0.477 e. The number of carbonyl (C=O) groups excluding carboxylic acids is 2. The Morgan fingerprint density at radius 2 is 1.40 bits per heavy atom. The molecule has 0 aliphatic heterocycles. The third-order valence-corrected chi connectivity index (χ3v) is 6.95. The fourth-order valence-electron chi connectivity index (χ4n) is 2.71. The molecule has 35 heavy (non-hydrogen) atoms. The number of aromatic carboxylic acids is 1. The summed E-state index contributed by atoms with van der Waals surface area (Å²) in [6, 6.07) is 4.31. The van der Waals surface area contributed by atoms with Gasteiger partial charge in [-0.1, -0.05) is 6.07 Å². The van der Waals surface area contributed by atoms with Crippen LogP contribution in [0.5, 0.6) is 0 Å². The van der Waals surface area contributed by atoms with Crippen LogP contribution in [0.3, 0.4) is 0 Å². The fourth-order valence-corrected chi connectivity index (χ4v) is 5.00. The molecule has 1 aromatic heterocycles. The minimum Gasteiger partial charge on any atom is -0.477 e. The van der Waals surface area contributed by atoms with E-state index in [4.69, 9.17) is 23.6 Å². The molecule has 0 radical (unpaired) electrons. The number of esters is 2. The predicted molar refractivity (Wildman–Crippen MR) is 124 cm³/mol. The van der Waals surface area contributed by atoms with Crippen LogP contribution in [0.4, 0.5) is 8.78 Å². The van der Waals surface area contributed by atoms with Crippen molar-refractivity contribution in [3.05, 3.63) is 34.7 Å². The summed E-state index contributed by atoms with van der Waals surface area (Å²) in [5, 5.41) is 9.30. The van der Waals surface area contributed by atoms with Crippen LogP contribution in [0.15, 0.2) is 24.3 Å². The molecule has 1 N–H and O–H groups in total. The Kier molecular flexibility index (Phi) is 8.48. The van der Waals surface area contributed by atoms with Crippen LogP contribution in [0.25, 0.3) is 10.1 Å². The zero-order valence-electron chi connectivity index (χ0n) is 20.0. The molecule has 194 valence electrons. The Morgan fingerprint density at radius 1 is 0.914 bits per heavy atom. The van der Waals surface area contributed by atoms with Crippen LogP contribution in [-0.2, 0) is 38.3 Å². The summed E-state index contributed by atoms with van der Waals surface area (Å²) in [5.74, 6) is -3.38. The first-order valence-electron chi connectivity index (χ1n) is 10.3. The van der Waals surface area contributed by atoms with Crippen molar-refractivity contribution < 1.29 is 51.4 Å². The van der Waals surface area contributed by atoms with Crippen molar-refractivity contribution in [2.75, 3.05) is 13.2 Å². The Labute approximate surface area is 204 Å². The van der Waals surface area contributed by atoms with Gasteiger partial charge in [0, 0.05) is 10.3 Å². The van der Waals surface area contributed by atoms with Crippen molar-refractivity contribution in [1.82, 2.24) is 0 Å². The first-order valence-corrected chi connectivity index (χ1v) is 12.7. The number of ether oxygens (including phenoxy) is 2. The topological polar surface area (TPSA) is 125 Å². The maximum absolute atomic E-state index is 15.5. The lowest BCUT2D eigenvalue weighted by Crippen LogP contribution is -2.29. The average molecular weight is 536 g/mol. The quantitative estimate of drug-likeness (QED) is 0.324. The van der Waals surface area contributed by atoms with Gasteiger partial charge < -0.3 is 14.6 Å². The molecule has 0 aliphatic rings. The SMILES string of the molecule is CC(C)(C)OC(=O)COP(=O)(OCC(=O)OC(C)(C)C)C(F)(F)c1ccc2sc(C(=O)O)cc2c1. The number of halogens is 2.